The molecule has 0 aliphatic heterocycles. The first-order valence-corrected chi connectivity index (χ1v) is 6.03. The fourth-order valence-corrected chi connectivity index (χ4v) is 1.55. The maximum absolute atomic E-state index is 12.9. The van der Waals surface area contributed by atoms with E-state index in [9.17, 15) is 14.0 Å². The van der Waals surface area contributed by atoms with Gasteiger partial charge in [0.05, 0.1) is 13.0 Å². The van der Waals surface area contributed by atoms with Gasteiger partial charge >= 0.3 is 5.97 Å². The minimum absolute atomic E-state index is 0.254. The molecule has 0 heterocycles. The average molecular weight is 284 g/mol. The van der Waals surface area contributed by atoms with Crippen molar-refractivity contribution in [3.05, 3.63) is 30.1 Å². The molecule has 1 aromatic rings. The number of hydrogen-bond acceptors (Lipinski definition) is 4. The fourth-order valence-electron chi connectivity index (χ4n) is 1.55. The highest BCUT2D eigenvalue weighted by Gasteiger charge is 2.20. The Morgan fingerprint density at radius 3 is 2.80 bits per heavy atom. The predicted molar refractivity (Wildman–Crippen MR) is 70.9 cm³/mol. The Balaban J connectivity index is 2.51. The van der Waals surface area contributed by atoms with E-state index in [4.69, 9.17) is 9.84 Å². The molecule has 0 aliphatic carbocycles. The summed E-state index contributed by atoms with van der Waals surface area (Å²) in [5, 5.41) is 14.1. The van der Waals surface area contributed by atoms with Crippen LogP contribution < -0.4 is 10.6 Å². The highest BCUT2D eigenvalue weighted by Crippen LogP contribution is 2.09. The summed E-state index contributed by atoms with van der Waals surface area (Å²) in [5.74, 6) is -2.11. The maximum atomic E-state index is 12.9. The van der Waals surface area contributed by atoms with Crippen LogP contribution in [0.25, 0.3) is 0 Å². The second-order valence-electron chi connectivity index (χ2n) is 4.10. The average Bonchev–Trinajstić information content (AvgIpc) is 2.37. The molecule has 20 heavy (non-hydrogen) atoms. The molecule has 110 valence electrons. The summed E-state index contributed by atoms with van der Waals surface area (Å²) >= 11 is 0. The molecular weight excluding hydrogens is 267 g/mol. The second-order valence-corrected chi connectivity index (χ2v) is 4.10. The first-order chi connectivity index (χ1) is 9.52. The third-order valence-electron chi connectivity index (χ3n) is 2.49. The van der Waals surface area contributed by atoms with Gasteiger partial charge in [-0.15, -0.1) is 0 Å². The van der Waals surface area contributed by atoms with Crippen molar-refractivity contribution in [1.82, 2.24) is 5.32 Å². The summed E-state index contributed by atoms with van der Waals surface area (Å²) in [4.78, 5) is 22.7. The van der Waals surface area contributed by atoms with Gasteiger partial charge in [-0.1, -0.05) is 6.07 Å². The van der Waals surface area contributed by atoms with Crippen LogP contribution in [0.1, 0.15) is 6.42 Å². The normalized spacial score (nSPS) is 11.9. The lowest BCUT2D eigenvalue weighted by atomic mass is 10.2. The van der Waals surface area contributed by atoms with Crippen molar-refractivity contribution in [3.63, 3.8) is 0 Å². The summed E-state index contributed by atoms with van der Waals surface area (Å²) in [5.41, 5.74) is 0.288. The van der Waals surface area contributed by atoms with Crippen molar-refractivity contribution < 1.29 is 23.8 Å². The number of carbonyl (C=O) groups is 2. The largest absolute Gasteiger partial charge is 0.480 e. The van der Waals surface area contributed by atoms with Gasteiger partial charge in [-0.25, -0.2) is 4.39 Å². The molecule has 0 aliphatic rings. The lowest BCUT2D eigenvalue weighted by Gasteiger charge is -2.14. The molecule has 7 heteroatoms. The Kier molecular flexibility index (Phi) is 6.61. The second kappa shape index (κ2) is 8.23. The molecule has 1 aromatic carbocycles. The van der Waals surface area contributed by atoms with E-state index in [-0.39, 0.29) is 12.1 Å². The number of anilines is 1. The van der Waals surface area contributed by atoms with Gasteiger partial charge in [0.15, 0.2) is 0 Å². The summed E-state index contributed by atoms with van der Waals surface area (Å²) < 4.78 is 17.7. The number of nitrogens with one attached hydrogen (secondary N) is 2. The topological polar surface area (TPSA) is 87.7 Å². The van der Waals surface area contributed by atoms with Crippen LogP contribution in [0.4, 0.5) is 10.1 Å². The first kappa shape index (κ1) is 16.1. The molecule has 3 N–H and O–H groups in total. The molecule has 1 rings (SSSR count). The Bertz CT molecular complexity index is 467. The minimum atomic E-state index is -1.13. The maximum Gasteiger partial charge on any atom is 0.321 e. The van der Waals surface area contributed by atoms with Gasteiger partial charge in [0.25, 0.3) is 0 Å². The third-order valence-corrected chi connectivity index (χ3v) is 2.49. The van der Waals surface area contributed by atoms with E-state index in [0.29, 0.717) is 13.2 Å². The standard InChI is InChI=1S/C13H17FN2O4/c1-20-6-5-15-11(13(18)19)8-12(17)16-10-4-2-3-9(14)7-10/h2-4,7,11,15H,5-6,8H2,1H3,(H,16,17)(H,18,19). The number of hydrogen-bond donors (Lipinski definition) is 3. The van der Waals surface area contributed by atoms with Crippen LogP contribution in [-0.4, -0.2) is 43.3 Å². The Labute approximate surface area is 115 Å². The van der Waals surface area contributed by atoms with Crippen LogP contribution in [-0.2, 0) is 14.3 Å². The zero-order chi connectivity index (χ0) is 15.0. The van der Waals surface area contributed by atoms with Crippen molar-refractivity contribution in [2.75, 3.05) is 25.6 Å². The molecule has 0 saturated carbocycles. The van der Waals surface area contributed by atoms with E-state index < -0.39 is 23.7 Å². The smallest absolute Gasteiger partial charge is 0.321 e. The van der Waals surface area contributed by atoms with Crippen LogP contribution in [0.3, 0.4) is 0 Å². The molecule has 1 amide bonds. The molecule has 1 unspecified atom stereocenters. The number of aliphatic carboxylic acids is 1. The van der Waals surface area contributed by atoms with E-state index >= 15 is 0 Å². The van der Waals surface area contributed by atoms with E-state index in [0.717, 1.165) is 6.07 Å². The zero-order valence-corrected chi connectivity index (χ0v) is 11.1. The quantitative estimate of drug-likeness (QED) is 0.616. The molecule has 0 fully saturated rings. The van der Waals surface area contributed by atoms with Crippen LogP contribution in [0.2, 0.25) is 0 Å². The highest BCUT2D eigenvalue weighted by molar-refractivity contribution is 5.94. The van der Waals surface area contributed by atoms with Crippen molar-refractivity contribution in [2.45, 2.75) is 12.5 Å². The van der Waals surface area contributed by atoms with Gasteiger partial charge in [-0.05, 0) is 18.2 Å². The van der Waals surface area contributed by atoms with Gasteiger partial charge in [0.2, 0.25) is 5.91 Å². The summed E-state index contributed by atoms with van der Waals surface area (Å²) in [6, 6.07) is 4.37. The predicted octanol–water partition coefficient (Wildman–Crippen LogP) is 0.843. The van der Waals surface area contributed by atoms with Gasteiger partial charge in [0, 0.05) is 19.3 Å². The third kappa shape index (κ3) is 5.77. The number of halogens is 1. The molecule has 0 radical (unpaired) electrons. The van der Waals surface area contributed by atoms with Gasteiger partial charge in [-0.2, -0.15) is 0 Å². The molecule has 1 atom stereocenters. The van der Waals surface area contributed by atoms with Gasteiger partial charge in [0.1, 0.15) is 11.9 Å². The fraction of sp³-hybridized carbons (Fsp3) is 0.385. The number of amides is 1. The van der Waals surface area contributed by atoms with Crippen molar-refractivity contribution in [1.29, 1.82) is 0 Å². The van der Waals surface area contributed by atoms with Gasteiger partial charge in [-0.3, -0.25) is 9.59 Å². The summed E-state index contributed by atoms with van der Waals surface area (Å²) in [6.45, 7) is 0.663. The number of carboxylic acid groups (broad SMARTS) is 1. The van der Waals surface area contributed by atoms with Gasteiger partial charge < -0.3 is 20.5 Å². The molecule has 6 nitrogen and oxygen atoms in total. The Hall–Kier alpha value is -1.99. The molecular formula is C13H17FN2O4. The van der Waals surface area contributed by atoms with Crippen LogP contribution in [0.5, 0.6) is 0 Å². The van der Waals surface area contributed by atoms with Crippen molar-refractivity contribution in [3.8, 4) is 0 Å². The number of carbonyl (C=O) groups excluding carboxylic acids is 1. The van der Waals surface area contributed by atoms with Crippen molar-refractivity contribution >= 4 is 17.6 Å². The number of benzene rings is 1. The highest BCUT2D eigenvalue weighted by atomic mass is 19.1. The van der Waals surface area contributed by atoms with Crippen molar-refractivity contribution in [2.24, 2.45) is 0 Å². The minimum Gasteiger partial charge on any atom is -0.480 e. The number of methoxy groups -OCH3 is 1. The summed E-state index contributed by atoms with van der Waals surface area (Å²) in [6.07, 6.45) is -0.254. The van der Waals surface area contributed by atoms with E-state index in [1.807, 2.05) is 0 Å². The lowest BCUT2D eigenvalue weighted by molar-refractivity contribution is -0.141. The van der Waals surface area contributed by atoms with E-state index in [2.05, 4.69) is 10.6 Å². The van der Waals surface area contributed by atoms with Crippen LogP contribution >= 0.6 is 0 Å². The molecule has 0 saturated heterocycles. The molecule has 0 aromatic heterocycles. The lowest BCUT2D eigenvalue weighted by Crippen LogP contribution is -2.41. The van der Waals surface area contributed by atoms with E-state index in [1.165, 1.54) is 25.3 Å². The Morgan fingerprint density at radius 2 is 2.20 bits per heavy atom. The van der Waals surface area contributed by atoms with E-state index in [1.54, 1.807) is 0 Å². The van der Waals surface area contributed by atoms with Crippen LogP contribution in [0, 0.1) is 5.82 Å². The molecule has 0 bridgehead atoms. The Morgan fingerprint density at radius 1 is 1.45 bits per heavy atom. The first-order valence-electron chi connectivity index (χ1n) is 6.03. The zero-order valence-electron chi connectivity index (χ0n) is 11.1. The SMILES string of the molecule is COCCNC(CC(=O)Nc1cccc(F)c1)C(=O)O. The van der Waals surface area contributed by atoms with Crippen LogP contribution in [0.15, 0.2) is 24.3 Å². The monoisotopic (exact) mass is 284 g/mol. The number of rotatable bonds is 8. The molecule has 0 spiro atoms. The summed E-state index contributed by atoms with van der Waals surface area (Å²) in [7, 11) is 1.49. The number of ether oxygens (including phenoxy) is 1. The number of carboxylic acids is 1.